The number of hydrogen-bond acceptors (Lipinski definition) is 4. The fourth-order valence-electron chi connectivity index (χ4n) is 6.87. The van der Waals surface area contributed by atoms with Gasteiger partial charge in [0, 0.05) is 0 Å². The third-order valence-electron chi connectivity index (χ3n) is 10.3. The molecule has 5 nitrogen and oxygen atoms in total. The number of carbonyl (C=O) groups is 1. The van der Waals surface area contributed by atoms with Gasteiger partial charge in [0.15, 0.2) is 0 Å². The van der Waals surface area contributed by atoms with Gasteiger partial charge in [-0.3, -0.25) is 4.79 Å². The molecule has 5 heteroatoms. The minimum atomic E-state index is -0.749. The summed E-state index contributed by atoms with van der Waals surface area (Å²) in [5.74, 6) is -0.286. The van der Waals surface area contributed by atoms with E-state index in [9.17, 15) is 20.1 Å². The molecule has 0 rings (SSSR count). The summed E-state index contributed by atoms with van der Waals surface area (Å²) in [7, 11) is 0. The van der Waals surface area contributed by atoms with E-state index in [0.717, 1.165) is 25.7 Å². The van der Waals surface area contributed by atoms with Crippen molar-refractivity contribution in [1.29, 1.82) is 0 Å². The molecule has 0 aromatic heterocycles. The van der Waals surface area contributed by atoms with Gasteiger partial charge in [-0.1, -0.05) is 212 Å². The topological polar surface area (TPSA) is 89.8 Å². The van der Waals surface area contributed by atoms with Crippen molar-refractivity contribution in [3.63, 3.8) is 0 Å². The summed E-state index contributed by atoms with van der Waals surface area (Å²) >= 11 is 0. The van der Waals surface area contributed by atoms with Crippen molar-refractivity contribution in [2.75, 3.05) is 6.61 Å². The van der Waals surface area contributed by atoms with Crippen LogP contribution in [-0.2, 0) is 4.79 Å². The van der Waals surface area contributed by atoms with E-state index < -0.39 is 18.2 Å². The van der Waals surface area contributed by atoms with Gasteiger partial charge < -0.3 is 20.6 Å². The molecule has 0 saturated carbocycles. The lowest BCUT2D eigenvalue weighted by Gasteiger charge is -2.23. The van der Waals surface area contributed by atoms with Crippen LogP contribution in [0.15, 0.2) is 24.3 Å². The number of allylic oxidation sites excluding steroid dienone is 4. The number of hydrogen-bond donors (Lipinski definition) is 4. The maximum Gasteiger partial charge on any atom is 0.222 e. The molecular weight excluding hydrogens is 618 g/mol. The minimum Gasteiger partial charge on any atom is -0.394 e. The summed E-state index contributed by atoms with van der Waals surface area (Å²) in [5, 5.41) is 33.4. The molecule has 3 atom stereocenters. The van der Waals surface area contributed by atoms with Crippen LogP contribution < -0.4 is 5.32 Å². The molecule has 0 spiro atoms. The van der Waals surface area contributed by atoms with Crippen molar-refractivity contribution < 1.29 is 20.1 Å². The molecular formula is C45H87NO4. The molecule has 0 aliphatic rings. The van der Waals surface area contributed by atoms with Crippen molar-refractivity contribution >= 4 is 5.91 Å². The Morgan fingerprint density at radius 2 is 0.840 bits per heavy atom. The maximum absolute atomic E-state index is 12.5. The number of carbonyl (C=O) groups excluding carboxylic acids is 1. The lowest BCUT2D eigenvalue weighted by atomic mass is 10.0. The fraction of sp³-hybridized carbons (Fsp3) is 0.889. The van der Waals surface area contributed by atoms with Gasteiger partial charge in [-0.2, -0.15) is 0 Å². The normalized spacial score (nSPS) is 13.8. The lowest BCUT2D eigenvalue weighted by Crippen LogP contribution is -2.46. The van der Waals surface area contributed by atoms with Crippen molar-refractivity contribution in [3.05, 3.63) is 24.3 Å². The van der Waals surface area contributed by atoms with Crippen LogP contribution in [-0.4, -0.2) is 46.1 Å². The Labute approximate surface area is 312 Å². The molecule has 1 amide bonds. The Balaban J connectivity index is 3.62. The van der Waals surface area contributed by atoms with Gasteiger partial charge in [0.25, 0.3) is 0 Å². The van der Waals surface area contributed by atoms with E-state index in [1.54, 1.807) is 0 Å². The smallest absolute Gasteiger partial charge is 0.222 e. The van der Waals surface area contributed by atoms with Crippen molar-refractivity contribution in [1.82, 2.24) is 5.32 Å². The van der Waals surface area contributed by atoms with E-state index in [4.69, 9.17) is 0 Å². The van der Waals surface area contributed by atoms with Crippen LogP contribution in [0.5, 0.6) is 0 Å². The highest BCUT2D eigenvalue weighted by molar-refractivity contribution is 5.76. The van der Waals surface area contributed by atoms with Crippen LogP contribution in [0.3, 0.4) is 0 Å². The lowest BCUT2D eigenvalue weighted by molar-refractivity contribution is -0.125. The summed E-state index contributed by atoms with van der Waals surface area (Å²) in [5.41, 5.74) is 0. The average Bonchev–Trinajstić information content (AvgIpc) is 3.11. The first-order chi connectivity index (χ1) is 24.5. The number of aliphatic hydroxyl groups excluding tert-OH is 3. The first-order valence-electron chi connectivity index (χ1n) is 22.1. The molecule has 296 valence electrons. The zero-order valence-corrected chi connectivity index (χ0v) is 33.5. The predicted octanol–water partition coefficient (Wildman–Crippen LogP) is 12.6. The monoisotopic (exact) mass is 706 g/mol. The maximum atomic E-state index is 12.5. The molecule has 50 heavy (non-hydrogen) atoms. The Bertz CT molecular complexity index is 739. The van der Waals surface area contributed by atoms with Gasteiger partial charge in [0.2, 0.25) is 5.91 Å². The largest absolute Gasteiger partial charge is 0.394 e. The van der Waals surface area contributed by atoms with Crippen LogP contribution >= 0.6 is 0 Å². The first-order valence-corrected chi connectivity index (χ1v) is 22.1. The number of unbranched alkanes of at least 4 members (excludes halogenated alkanes) is 28. The number of rotatable bonds is 40. The second-order valence-corrected chi connectivity index (χ2v) is 15.3. The first kappa shape index (κ1) is 48.8. The van der Waals surface area contributed by atoms with Crippen LogP contribution in [0.4, 0.5) is 0 Å². The molecule has 0 aliphatic carbocycles. The predicted molar refractivity (Wildman–Crippen MR) is 218 cm³/mol. The van der Waals surface area contributed by atoms with E-state index in [1.807, 2.05) is 0 Å². The van der Waals surface area contributed by atoms with Crippen LogP contribution in [0.2, 0.25) is 0 Å². The summed E-state index contributed by atoms with van der Waals surface area (Å²) in [6.45, 7) is 4.24. The van der Waals surface area contributed by atoms with Crippen LogP contribution in [0.1, 0.15) is 232 Å². The Kier molecular flexibility index (Phi) is 39.6. The summed E-state index contributed by atoms with van der Waals surface area (Å²) in [4.78, 5) is 12.5. The molecule has 0 radical (unpaired) electrons. The zero-order chi connectivity index (χ0) is 36.6. The summed E-state index contributed by atoms with van der Waals surface area (Å²) in [6, 6.07) is -0.659. The fourth-order valence-corrected chi connectivity index (χ4v) is 6.87. The zero-order valence-electron chi connectivity index (χ0n) is 33.5. The highest BCUT2D eigenvalue weighted by atomic mass is 16.3. The number of aliphatic hydroxyl groups is 3. The van der Waals surface area contributed by atoms with Gasteiger partial charge in [0.05, 0.1) is 31.3 Å². The van der Waals surface area contributed by atoms with E-state index >= 15 is 0 Å². The van der Waals surface area contributed by atoms with Crippen LogP contribution in [0, 0.1) is 0 Å². The third kappa shape index (κ3) is 36.6. The minimum absolute atomic E-state index is 0.0332. The van der Waals surface area contributed by atoms with E-state index in [2.05, 4.69) is 43.5 Å². The molecule has 0 aromatic rings. The van der Waals surface area contributed by atoms with Crippen molar-refractivity contribution in [2.24, 2.45) is 0 Å². The van der Waals surface area contributed by atoms with Gasteiger partial charge in [-0.05, 0) is 38.5 Å². The van der Waals surface area contributed by atoms with E-state index in [0.29, 0.717) is 12.8 Å². The average molecular weight is 706 g/mol. The Hall–Kier alpha value is -1.17. The SMILES string of the molecule is CCCCC/C=C\C=C/CCCCCCCCCCC(O)CC(=O)NC(CO)C(O)CCCCCCCCCCCCCCCCCCCC. The molecule has 3 unspecified atom stereocenters. The van der Waals surface area contributed by atoms with E-state index in [1.165, 1.54) is 173 Å². The molecule has 4 N–H and O–H groups in total. The van der Waals surface area contributed by atoms with Crippen LogP contribution in [0.25, 0.3) is 0 Å². The highest BCUT2D eigenvalue weighted by Gasteiger charge is 2.21. The van der Waals surface area contributed by atoms with E-state index in [-0.39, 0.29) is 18.9 Å². The van der Waals surface area contributed by atoms with Gasteiger partial charge in [-0.25, -0.2) is 0 Å². The standard InChI is InChI=1S/C45H87NO4/c1-3-5-7-9-11-13-15-17-19-21-23-25-27-29-31-33-35-37-39-44(49)43(41-47)46-45(50)40-42(48)38-36-34-32-30-28-26-24-22-20-18-16-14-12-10-8-6-4-2/h12,14,16,18,42-44,47-49H,3-11,13,15,17,19-41H2,1-2H3,(H,46,50)/b14-12-,18-16-. The third-order valence-corrected chi connectivity index (χ3v) is 10.3. The second kappa shape index (κ2) is 40.6. The molecule has 0 saturated heterocycles. The molecule has 0 aromatic carbocycles. The van der Waals surface area contributed by atoms with Gasteiger partial charge in [0.1, 0.15) is 0 Å². The van der Waals surface area contributed by atoms with Crippen molar-refractivity contribution in [2.45, 2.75) is 250 Å². The second-order valence-electron chi connectivity index (χ2n) is 15.3. The summed E-state index contributed by atoms with van der Waals surface area (Å²) < 4.78 is 0. The molecule has 0 heterocycles. The molecule has 0 fully saturated rings. The highest BCUT2D eigenvalue weighted by Crippen LogP contribution is 2.16. The Morgan fingerprint density at radius 3 is 1.26 bits per heavy atom. The van der Waals surface area contributed by atoms with Gasteiger partial charge >= 0.3 is 0 Å². The molecule has 0 aliphatic heterocycles. The summed E-state index contributed by atoms with van der Waals surface area (Å²) in [6.07, 6.45) is 48.5. The van der Waals surface area contributed by atoms with Crippen molar-refractivity contribution in [3.8, 4) is 0 Å². The number of amides is 1. The Morgan fingerprint density at radius 1 is 0.500 bits per heavy atom. The number of nitrogens with one attached hydrogen (secondary N) is 1. The quantitative estimate of drug-likeness (QED) is 0.0377. The molecule has 0 bridgehead atoms. The van der Waals surface area contributed by atoms with Gasteiger partial charge in [-0.15, -0.1) is 0 Å².